The summed E-state index contributed by atoms with van der Waals surface area (Å²) in [6, 6.07) is 9.11. The average Bonchev–Trinajstić information content (AvgIpc) is 2.99. The van der Waals surface area contributed by atoms with Crippen LogP contribution in [0.4, 0.5) is 10.5 Å². The first kappa shape index (κ1) is 22.1. The number of carbonyl (C=O) groups is 2. The minimum absolute atomic E-state index is 0.0117. The molecule has 0 aromatic heterocycles. The van der Waals surface area contributed by atoms with Gasteiger partial charge in [-0.05, 0) is 54.4 Å². The Kier molecular flexibility index (Phi) is 6.76. The smallest absolute Gasteiger partial charge is 0.293 e. The standard InChI is InChI=1S/C22H20N2O6S/c1-3-6-16-9-15(11-18(20(16)25)30-4-2)12-19-21(26)23(22(27)31-19)13-14-7-5-8-17(10-14)24(28)29/h3,5,7-12,25H,1,4,6,13H2,2H3. The molecule has 1 aliphatic rings. The molecule has 0 saturated carbocycles. The molecule has 0 bridgehead atoms. The van der Waals surface area contributed by atoms with Gasteiger partial charge in [-0.1, -0.05) is 18.2 Å². The lowest BCUT2D eigenvalue weighted by Gasteiger charge is -2.12. The van der Waals surface area contributed by atoms with Gasteiger partial charge in [-0.25, -0.2) is 0 Å². The number of nitrogens with zero attached hydrogens (tertiary/aromatic N) is 2. The molecular formula is C22H20N2O6S. The van der Waals surface area contributed by atoms with Crippen molar-refractivity contribution in [2.24, 2.45) is 0 Å². The fraction of sp³-hybridized carbons (Fsp3) is 0.182. The first-order valence-electron chi connectivity index (χ1n) is 9.42. The number of ether oxygens (including phenoxy) is 1. The highest BCUT2D eigenvalue weighted by Crippen LogP contribution is 2.37. The number of hydrogen-bond acceptors (Lipinski definition) is 7. The average molecular weight is 440 g/mol. The van der Waals surface area contributed by atoms with E-state index in [9.17, 15) is 24.8 Å². The quantitative estimate of drug-likeness (QED) is 0.275. The van der Waals surface area contributed by atoms with Crippen LogP contribution in [0.25, 0.3) is 6.08 Å². The Hall–Kier alpha value is -3.59. The number of benzene rings is 2. The molecule has 1 saturated heterocycles. The van der Waals surface area contributed by atoms with Crippen molar-refractivity contribution in [3.63, 3.8) is 0 Å². The van der Waals surface area contributed by atoms with Crippen LogP contribution in [0, 0.1) is 10.1 Å². The van der Waals surface area contributed by atoms with Crippen LogP contribution in [0.1, 0.15) is 23.6 Å². The van der Waals surface area contributed by atoms with E-state index in [2.05, 4.69) is 6.58 Å². The molecule has 3 rings (SSSR count). The topological polar surface area (TPSA) is 110 Å². The molecule has 0 unspecified atom stereocenters. The lowest BCUT2D eigenvalue weighted by Crippen LogP contribution is -2.27. The maximum atomic E-state index is 12.8. The molecule has 0 aliphatic carbocycles. The second-order valence-electron chi connectivity index (χ2n) is 6.65. The Balaban J connectivity index is 1.88. The van der Waals surface area contributed by atoms with Gasteiger partial charge < -0.3 is 9.84 Å². The van der Waals surface area contributed by atoms with Gasteiger partial charge in [0.05, 0.1) is 23.0 Å². The molecule has 2 amide bonds. The predicted octanol–water partition coefficient (Wildman–Crippen LogP) is 4.66. The fourth-order valence-electron chi connectivity index (χ4n) is 3.09. The van der Waals surface area contributed by atoms with Gasteiger partial charge in [-0.3, -0.25) is 24.6 Å². The molecule has 31 heavy (non-hydrogen) atoms. The summed E-state index contributed by atoms with van der Waals surface area (Å²) in [5, 5.41) is 20.8. The summed E-state index contributed by atoms with van der Waals surface area (Å²) in [5.41, 5.74) is 1.55. The van der Waals surface area contributed by atoms with Crippen LogP contribution in [0.3, 0.4) is 0 Å². The van der Waals surface area contributed by atoms with Crippen LogP contribution in [-0.4, -0.2) is 32.7 Å². The van der Waals surface area contributed by atoms with E-state index in [1.54, 1.807) is 37.3 Å². The van der Waals surface area contributed by atoms with Crippen molar-refractivity contribution in [1.82, 2.24) is 4.90 Å². The molecule has 1 heterocycles. The Labute approximate surface area is 183 Å². The summed E-state index contributed by atoms with van der Waals surface area (Å²) in [6.07, 6.45) is 3.61. The van der Waals surface area contributed by atoms with Gasteiger partial charge in [0.2, 0.25) is 0 Å². The van der Waals surface area contributed by atoms with Gasteiger partial charge in [0.1, 0.15) is 0 Å². The van der Waals surface area contributed by atoms with Gasteiger partial charge in [-0.15, -0.1) is 6.58 Å². The van der Waals surface area contributed by atoms with Crippen LogP contribution >= 0.6 is 11.8 Å². The molecule has 1 aliphatic heterocycles. The number of phenols is 1. The number of non-ortho nitro benzene ring substituents is 1. The van der Waals surface area contributed by atoms with E-state index in [4.69, 9.17) is 4.74 Å². The number of aromatic hydroxyl groups is 1. The van der Waals surface area contributed by atoms with Crippen molar-refractivity contribution < 1.29 is 24.4 Å². The van der Waals surface area contributed by atoms with Crippen molar-refractivity contribution in [3.8, 4) is 11.5 Å². The Bertz CT molecular complexity index is 1100. The zero-order valence-corrected chi connectivity index (χ0v) is 17.6. The molecule has 160 valence electrons. The first-order chi connectivity index (χ1) is 14.8. The lowest BCUT2D eigenvalue weighted by atomic mass is 10.0. The van der Waals surface area contributed by atoms with E-state index in [1.165, 1.54) is 18.2 Å². The van der Waals surface area contributed by atoms with Gasteiger partial charge >= 0.3 is 0 Å². The number of rotatable bonds is 8. The van der Waals surface area contributed by atoms with Gasteiger partial charge in [0, 0.05) is 17.7 Å². The molecule has 2 aromatic rings. The van der Waals surface area contributed by atoms with Crippen molar-refractivity contribution >= 4 is 34.7 Å². The molecule has 0 atom stereocenters. The minimum Gasteiger partial charge on any atom is -0.504 e. The van der Waals surface area contributed by atoms with Crippen LogP contribution in [-0.2, 0) is 17.8 Å². The summed E-state index contributed by atoms with van der Waals surface area (Å²) >= 11 is 0.790. The third-order valence-electron chi connectivity index (χ3n) is 4.47. The SMILES string of the molecule is C=CCc1cc(C=C2SC(=O)N(Cc3cccc([N+](=O)[O-])c3)C2=O)cc(OCC)c1O. The summed E-state index contributed by atoms with van der Waals surface area (Å²) in [7, 11) is 0. The summed E-state index contributed by atoms with van der Waals surface area (Å²) in [6.45, 7) is 5.75. The second-order valence-corrected chi connectivity index (χ2v) is 7.64. The van der Waals surface area contributed by atoms with E-state index >= 15 is 0 Å². The Morgan fingerprint density at radius 2 is 2.06 bits per heavy atom. The van der Waals surface area contributed by atoms with Gasteiger partial charge in [0.15, 0.2) is 11.5 Å². The molecule has 0 spiro atoms. The Morgan fingerprint density at radius 3 is 2.74 bits per heavy atom. The highest BCUT2D eigenvalue weighted by atomic mass is 32.2. The predicted molar refractivity (Wildman–Crippen MR) is 118 cm³/mol. The zero-order valence-electron chi connectivity index (χ0n) is 16.7. The monoisotopic (exact) mass is 440 g/mol. The third kappa shape index (κ3) is 4.95. The molecular weight excluding hydrogens is 420 g/mol. The largest absolute Gasteiger partial charge is 0.504 e. The number of allylic oxidation sites excluding steroid dienone is 1. The minimum atomic E-state index is -0.529. The number of imide groups is 1. The van der Waals surface area contributed by atoms with Crippen LogP contribution in [0.2, 0.25) is 0 Å². The number of thioether (sulfide) groups is 1. The maximum absolute atomic E-state index is 12.8. The van der Waals surface area contributed by atoms with E-state index in [-0.39, 0.29) is 28.6 Å². The number of carbonyl (C=O) groups excluding carboxylic acids is 2. The first-order valence-corrected chi connectivity index (χ1v) is 10.2. The van der Waals surface area contributed by atoms with Gasteiger partial charge in [0.25, 0.3) is 16.8 Å². The molecule has 2 aromatic carbocycles. The van der Waals surface area contributed by atoms with Gasteiger partial charge in [-0.2, -0.15) is 0 Å². The lowest BCUT2D eigenvalue weighted by molar-refractivity contribution is -0.384. The van der Waals surface area contributed by atoms with Crippen molar-refractivity contribution in [1.29, 1.82) is 0 Å². The van der Waals surface area contributed by atoms with E-state index < -0.39 is 16.1 Å². The molecule has 0 radical (unpaired) electrons. The number of nitro benzene ring substituents is 1. The van der Waals surface area contributed by atoms with E-state index in [1.807, 2.05) is 0 Å². The van der Waals surface area contributed by atoms with Crippen LogP contribution in [0.15, 0.2) is 54.0 Å². The van der Waals surface area contributed by atoms with E-state index in [0.29, 0.717) is 29.7 Å². The molecule has 1 N–H and O–H groups in total. The second kappa shape index (κ2) is 9.48. The number of phenolic OH excluding ortho intramolecular Hbond substituents is 1. The molecule has 9 heteroatoms. The summed E-state index contributed by atoms with van der Waals surface area (Å²) in [5.74, 6) is -0.195. The maximum Gasteiger partial charge on any atom is 0.293 e. The summed E-state index contributed by atoms with van der Waals surface area (Å²) in [4.78, 5) is 36.9. The highest BCUT2D eigenvalue weighted by Gasteiger charge is 2.35. The highest BCUT2D eigenvalue weighted by molar-refractivity contribution is 8.18. The number of amides is 2. The number of nitro groups is 1. The fourth-order valence-corrected chi connectivity index (χ4v) is 3.93. The van der Waals surface area contributed by atoms with Crippen molar-refractivity contribution in [2.75, 3.05) is 6.61 Å². The normalized spacial score (nSPS) is 14.9. The molecule has 8 nitrogen and oxygen atoms in total. The van der Waals surface area contributed by atoms with E-state index in [0.717, 1.165) is 16.7 Å². The zero-order chi connectivity index (χ0) is 22.5. The van der Waals surface area contributed by atoms with Crippen LogP contribution in [0.5, 0.6) is 11.5 Å². The Morgan fingerprint density at radius 1 is 1.29 bits per heavy atom. The molecule has 1 fully saturated rings. The third-order valence-corrected chi connectivity index (χ3v) is 5.38. The number of hydrogen-bond donors (Lipinski definition) is 1. The van der Waals surface area contributed by atoms with Crippen LogP contribution < -0.4 is 4.74 Å². The van der Waals surface area contributed by atoms with Crippen molar-refractivity contribution in [2.45, 2.75) is 19.9 Å². The van der Waals surface area contributed by atoms with Crippen molar-refractivity contribution in [3.05, 3.63) is 80.8 Å². The summed E-state index contributed by atoms with van der Waals surface area (Å²) < 4.78 is 5.47.